The minimum Gasteiger partial charge on any atom is -0.397 e. The summed E-state index contributed by atoms with van der Waals surface area (Å²) in [7, 11) is 0. The van der Waals surface area contributed by atoms with E-state index in [4.69, 9.17) is 11.5 Å². The number of rotatable bonds is 3. The zero-order valence-corrected chi connectivity index (χ0v) is 13.6. The number of hydrogen-bond acceptors (Lipinski definition) is 6. The molecule has 5 N–H and O–H groups in total. The molecule has 0 fully saturated rings. The quantitative estimate of drug-likeness (QED) is 0.498. The largest absolute Gasteiger partial charge is 0.397 e. The van der Waals surface area contributed by atoms with E-state index in [-0.39, 0.29) is 0 Å². The highest BCUT2D eigenvalue weighted by atomic mass is 15.4. The van der Waals surface area contributed by atoms with E-state index in [9.17, 15) is 0 Å². The smallest absolute Gasteiger partial charge is 0.247 e. The molecule has 1 aromatic carbocycles. The fourth-order valence-corrected chi connectivity index (χ4v) is 2.58. The first-order chi connectivity index (χ1) is 12.1. The maximum Gasteiger partial charge on any atom is 0.247 e. The number of anilines is 4. The van der Waals surface area contributed by atoms with Gasteiger partial charge in [0.1, 0.15) is 0 Å². The fourth-order valence-electron chi connectivity index (χ4n) is 2.58. The van der Waals surface area contributed by atoms with Gasteiger partial charge in [0.15, 0.2) is 5.65 Å². The van der Waals surface area contributed by atoms with Crippen LogP contribution in [0.1, 0.15) is 5.69 Å². The van der Waals surface area contributed by atoms with Crippen molar-refractivity contribution in [1.82, 2.24) is 19.6 Å². The van der Waals surface area contributed by atoms with Crippen LogP contribution in [0.2, 0.25) is 0 Å². The molecule has 7 heteroatoms. The number of benzene rings is 1. The predicted octanol–water partition coefficient (Wildman–Crippen LogP) is 3.01. The van der Waals surface area contributed by atoms with Gasteiger partial charge in [-0.2, -0.15) is 4.98 Å². The molecule has 3 aromatic heterocycles. The van der Waals surface area contributed by atoms with Crippen molar-refractivity contribution in [2.75, 3.05) is 16.8 Å². The topological polar surface area (TPSA) is 107 Å². The van der Waals surface area contributed by atoms with E-state index >= 15 is 0 Å². The van der Waals surface area contributed by atoms with Crippen molar-refractivity contribution in [3.8, 4) is 11.3 Å². The third-order valence-corrected chi connectivity index (χ3v) is 3.91. The molecule has 0 aliphatic rings. The van der Waals surface area contributed by atoms with E-state index in [0.29, 0.717) is 17.3 Å². The summed E-state index contributed by atoms with van der Waals surface area (Å²) in [4.78, 5) is 8.78. The lowest BCUT2D eigenvalue weighted by Gasteiger charge is -2.06. The van der Waals surface area contributed by atoms with Gasteiger partial charge in [-0.1, -0.05) is 12.1 Å². The first-order valence-electron chi connectivity index (χ1n) is 7.81. The highest BCUT2D eigenvalue weighted by molar-refractivity contribution is 5.74. The molecule has 0 saturated heterocycles. The summed E-state index contributed by atoms with van der Waals surface area (Å²) >= 11 is 0. The normalized spacial score (nSPS) is 10.9. The van der Waals surface area contributed by atoms with Crippen molar-refractivity contribution in [3.05, 3.63) is 60.4 Å². The van der Waals surface area contributed by atoms with Gasteiger partial charge in [0, 0.05) is 11.3 Å². The van der Waals surface area contributed by atoms with Crippen LogP contribution >= 0.6 is 0 Å². The third kappa shape index (κ3) is 2.83. The molecular weight excluding hydrogens is 314 g/mol. The van der Waals surface area contributed by atoms with Gasteiger partial charge >= 0.3 is 0 Å². The lowest BCUT2D eigenvalue weighted by atomic mass is 10.1. The second-order valence-corrected chi connectivity index (χ2v) is 5.77. The highest BCUT2D eigenvalue weighted by Crippen LogP contribution is 2.26. The molecule has 3 heterocycles. The van der Waals surface area contributed by atoms with Gasteiger partial charge < -0.3 is 16.8 Å². The van der Waals surface area contributed by atoms with Crippen LogP contribution < -0.4 is 16.8 Å². The van der Waals surface area contributed by atoms with E-state index in [1.165, 1.54) is 0 Å². The standard InChI is InChI=1S/C18H17N7/c1-11-5-7-13(10-21-11)22-18-23-17-4-2-3-16(25(17)24-18)12-6-8-14(19)15(20)9-12/h2-10H,19-20H2,1H3,(H,22,24). The zero-order chi connectivity index (χ0) is 17.4. The maximum atomic E-state index is 5.93. The molecule has 0 aliphatic heterocycles. The van der Waals surface area contributed by atoms with Gasteiger partial charge in [0.2, 0.25) is 5.95 Å². The second kappa shape index (κ2) is 5.79. The number of fused-ring (bicyclic) bond motifs is 1. The summed E-state index contributed by atoms with van der Waals surface area (Å²) in [6.45, 7) is 1.94. The molecule has 0 aliphatic carbocycles. The molecule has 0 radical (unpaired) electrons. The average Bonchev–Trinajstić information content (AvgIpc) is 3.02. The van der Waals surface area contributed by atoms with E-state index in [1.807, 2.05) is 49.4 Å². The van der Waals surface area contributed by atoms with Crippen LogP contribution in [0.3, 0.4) is 0 Å². The molecule has 0 amide bonds. The number of nitrogen functional groups attached to an aromatic ring is 2. The van der Waals surface area contributed by atoms with E-state index in [1.54, 1.807) is 16.8 Å². The molecule has 0 saturated carbocycles. The van der Waals surface area contributed by atoms with Gasteiger partial charge in [-0.3, -0.25) is 4.98 Å². The van der Waals surface area contributed by atoms with E-state index in [0.717, 1.165) is 28.3 Å². The Morgan fingerprint density at radius 3 is 2.64 bits per heavy atom. The van der Waals surface area contributed by atoms with Gasteiger partial charge in [-0.15, -0.1) is 5.10 Å². The Morgan fingerprint density at radius 2 is 1.88 bits per heavy atom. The van der Waals surface area contributed by atoms with Crippen LogP contribution in [0.15, 0.2) is 54.7 Å². The lowest BCUT2D eigenvalue weighted by molar-refractivity contribution is 0.973. The Kier molecular flexibility index (Phi) is 3.46. The number of pyridine rings is 2. The molecule has 0 bridgehead atoms. The van der Waals surface area contributed by atoms with Crippen LogP contribution in [-0.4, -0.2) is 19.6 Å². The summed E-state index contributed by atoms with van der Waals surface area (Å²) < 4.78 is 1.77. The number of aryl methyl sites for hydroxylation is 1. The molecule has 0 atom stereocenters. The maximum absolute atomic E-state index is 5.93. The number of aromatic nitrogens is 4. The highest BCUT2D eigenvalue weighted by Gasteiger charge is 2.10. The van der Waals surface area contributed by atoms with Crippen molar-refractivity contribution in [2.45, 2.75) is 6.92 Å². The summed E-state index contributed by atoms with van der Waals surface area (Å²) in [5.74, 6) is 0.501. The van der Waals surface area contributed by atoms with Gasteiger partial charge in [-0.25, -0.2) is 4.52 Å². The van der Waals surface area contributed by atoms with E-state index in [2.05, 4.69) is 20.4 Å². The predicted molar refractivity (Wildman–Crippen MR) is 99.5 cm³/mol. The van der Waals surface area contributed by atoms with Crippen LogP contribution in [0.4, 0.5) is 23.0 Å². The van der Waals surface area contributed by atoms with Crippen molar-refractivity contribution < 1.29 is 0 Å². The summed E-state index contributed by atoms with van der Waals surface area (Å²) in [6, 6.07) is 15.2. The Balaban J connectivity index is 1.75. The molecule has 4 rings (SSSR count). The van der Waals surface area contributed by atoms with Gasteiger partial charge in [0.05, 0.1) is 29.0 Å². The van der Waals surface area contributed by atoms with Crippen LogP contribution in [0.25, 0.3) is 16.9 Å². The molecule has 124 valence electrons. The SMILES string of the molecule is Cc1ccc(Nc2nc3cccc(-c4ccc(N)c(N)c4)n3n2)cn1. The Bertz CT molecular complexity index is 1050. The van der Waals surface area contributed by atoms with Crippen molar-refractivity contribution in [1.29, 1.82) is 0 Å². The lowest BCUT2D eigenvalue weighted by Crippen LogP contribution is -1.98. The molecule has 4 aromatic rings. The summed E-state index contributed by atoms with van der Waals surface area (Å²) in [6.07, 6.45) is 1.75. The summed E-state index contributed by atoms with van der Waals surface area (Å²) in [5.41, 5.74) is 17.2. The van der Waals surface area contributed by atoms with Crippen LogP contribution in [-0.2, 0) is 0 Å². The number of nitrogens with one attached hydrogen (secondary N) is 1. The monoisotopic (exact) mass is 331 g/mol. The van der Waals surface area contributed by atoms with Crippen LogP contribution in [0, 0.1) is 6.92 Å². The summed E-state index contributed by atoms with van der Waals surface area (Å²) in [5, 5.41) is 7.72. The molecular formula is C18H17N7. The minimum absolute atomic E-state index is 0.501. The molecule has 25 heavy (non-hydrogen) atoms. The number of nitrogens with zero attached hydrogens (tertiary/aromatic N) is 4. The first-order valence-corrected chi connectivity index (χ1v) is 7.81. The van der Waals surface area contributed by atoms with Crippen molar-refractivity contribution >= 4 is 28.7 Å². The van der Waals surface area contributed by atoms with Gasteiger partial charge in [-0.05, 0) is 43.3 Å². The molecule has 0 spiro atoms. The Labute approximate surface area is 144 Å². The number of nitrogens with two attached hydrogens (primary N) is 2. The minimum atomic E-state index is 0.501. The first kappa shape index (κ1) is 14.9. The Morgan fingerprint density at radius 1 is 1.00 bits per heavy atom. The Hall–Kier alpha value is -3.61. The third-order valence-electron chi connectivity index (χ3n) is 3.91. The van der Waals surface area contributed by atoms with Crippen molar-refractivity contribution in [2.24, 2.45) is 0 Å². The van der Waals surface area contributed by atoms with Gasteiger partial charge in [0.25, 0.3) is 0 Å². The van der Waals surface area contributed by atoms with Crippen molar-refractivity contribution in [3.63, 3.8) is 0 Å². The molecule has 0 unspecified atom stereocenters. The average molecular weight is 331 g/mol. The number of hydrogen-bond donors (Lipinski definition) is 3. The fraction of sp³-hybridized carbons (Fsp3) is 0.0556. The van der Waals surface area contributed by atoms with Crippen LogP contribution in [0.5, 0.6) is 0 Å². The second-order valence-electron chi connectivity index (χ2n) is 5.77. The molecule has 7 nitrogen and oxygen atoms in total. The zero-order valence-electron chi connectivity index (χ0n) is 13.6. The van der Waals surface area contributed by atoms with E-state index < -0.39 is 0 Å².